The summed E-state index contributed by atoms with van der Waals surface area (Å²) in [6.45, 7) is 6.50. The van der Waals surface area contributed by atoms with Crippen molar-refractivity contribution in [2.75, 3.05) is 13.2 Å². The predicted octanol–water partition coefficient (Wildman–Crippen LogP) is 3.50. The molecule has 0 bridgehead atoms. The van der Waals surface area contributed by atoms with Gasteiger partial charge in [0.1, 0.15) is 0 Å². The van der Waals surface area contributed by atoms with Crippen LogP contribution in [0, 0.1) is 0 Å². The molecule has 0 heterocycles. The smallest absolute Gasteiger partial charge is 0.0575 e. The zero-order valence-electron chi connectivity index (χ0n) is 11.1. The Morgan fingerprint density at radius 2 is 1.94 bits per heavy atom. The highest BCUT2D eigenvalue weighted by molar-refractivity contribution is 4.65. The molecule has 1 rings (SSSR count). The molecule has 1 unspecified atom stereocenters. The van der Waals surface area contributed by atoms with Gasteiger partial charge in [0.25, 0.3) is 0 Å². The van der Waals surface area contributed by atoms with Crippen LogP contribution in [0.5, 0.6) is 0 Å². The number of ether oxygens (including phenoxy) is 1. The molecule has 96 valence electrons. The van der Waals surface area contributed by atoms with E-state index in [1.807, 2.05) is 0 Å². The zero-order valence-corrected chi connectivity index (χ0v) is 11.1. The van der Waals surface area contributed by atoms with E-state index in [1.54, 1.807) is 0 Å². The minimum Gasteiger partial charge on any atom is -0.378 e. The van der Waals surface area contributed by atoms with Gasteiger partial charge in [0.05, 0.1) is 6.10 Å². The van der Waals surface area contributed by atoms with Crippen molar-refractivity contribution in [3.8, 4) is 0 Å². The van der Waals surface area contributed by atoms with Crippen LogP contribution in [0.2, 0.25) is 0 Å². The van der Waals surface area contributed by atoms with Gasteiger partial charge >= 0.3 is 0 Å². The molecule has 1 atom stereocenters. The number of unbranched alkanes of at least 4 members (excludes halogenated alkanes) is 1. The molecule has 0 aromatic heterocycles. The van der Waals surface area contributed by atoms with Crippen molar-refractivity contribution in [1.29, 1.82) is 0 Å². The highest BCUT2D eigenvalue weighted by atomic mass is 16.5. The molecule has 16 heavy (non-hydrogen) atoms. The van der Waals surface area contributed by atoms with Crippen LogP contribution in [-0.2, 0) is 4.74 Å². The molecule has 2 nitrogen and oxygen atoms in total. The molecule has 0 amide bonds. The Morgan fingerprint density at radius 3 is 2.62 bits per heavy atom. The molecular formula is C14H29NO. The van der Waals surface area contributed by atoms with Crippen LogP contribution >= 0.6 is 0 Å². The quantitative estimate of drug-likeness (QED) is 0.641. The number of hydrogen-bond donors (Lipinski definition) is 1. The summed E-state index contributed by atoms with van der Waals surface area (Å²) in [6, 6.07) is 0.666. The van der Waals surface area contributed by atoms with Crippen LogP contribution in [0.15, 0.2) is 0 Å². The molecular weight excluding hydrogens is 198 g/mol. The van der Waals surface area contributed by atoms with Crippen molar-refractivity contribution in [3.63, 3.8) is 0 Å². The summed E-state index contributed by atoms with van der Waals surface area (Å²) in [5.74, 6) is 0. The minimum atomic E-state index is 0.583. The summed E-state index contributed by atoms with van der Waals surface area (Å²) in [5.41, 5.74) is 0. The summed E-state index contributed by atoms with van der Waals surface area (Å²) in [6.07, 6.45) is 11.2. The van der Waals surface area contributed by atoms with Crippen LogP contribution in [0.1, 0.15) is 65.2 Å². The van der Waals surface area contributed by atoms with E-state index in [0.717, 1.165) is 13.2 Å². The average molecular weight is 227 g/mol. The fourth-order valence-electron chi connectivity index (χ4n) is 2.48. The van der Waals surface area contributed by atoms with Crippen molar-refractivity contribution in [3.05, 3.63) is 0 Å². The largest absolute Gasteiger partial charge is 0.378 e. The summed E-state index contributed by atoms with van der Waals surface area (Å²) in [7, 11) is 0. The van der Waals surface area contributed by atoms with Crippen LogP contribution in [0.25, 0.3) is 0 Å². The Hall–Kier alpha value is -0.0800. The molecule has 1 saturated carbocycles. The molecule has 1 fully saturated rings. The van der Waals surface area contributed by atoms with Crippen LogP contribution < -0.4 is 5.32 Å². The van der Waals surface area contributed by atoms with Crippen molar-refractivity contribution in [2.24, 2.45) is 0 Å². The summed E-state index contributed by atoms with van der Waals surface area (Å²) in [5, 5.41) is 3.44. The lowest BCUT2D eigenvalue weighted by Crippen LogP contribution is -2.25. The van der Waals surface area contributed by atoms with Gasteiger partial charge in [-0.05, 0) is 45.6 Å². The zero-order chi connectivity index (χ0) is 11.6. The lowest BCUT2D eigenvalue weighted by Gasteiger charge is -2.22. The fraction of sp³-hybridized carbons (Fsp3) is 1.00. The van der Waals surface area contributed by atoms with Crippen molar-refractivity contribution < 1.29 is 4.74 Å². The Labute approximate surface area is 101 Å². The predicted molar refractivity (Wildman–Crippen MR) is 69.8 cm³/mol. The third kappa shape index (κ3) is 6.49. The third-order valence-electron chi connectivity index (χ3n) is 3.49. The SMILES string of the molecule is CCNC(C)CCCCOC1CCCCC1. The Kier molecular flexibility index (Phi) is 7.87. The summed E-state index contributed by atoms with van der Waals surface area (Å²) in [4.78, 5) is 0. The maximum atomic E-state index is 5.90. The first-order valence-corrected chi connectivity index (χ1v) is 7.18. The first-order valence-electron chi connectivity index (χ1n) is 7.18. The second-order valence-corrected chi connectivity index (χ2v) is 5.09. The van der Waals surface area contributed by atoms with E-state index in [-0.39, 0.29) is 0 Å². The molecule has 1 aliphatic carbocycles. The average Bonchev–Trinajstić information content (AvgIpc) is 2.30. The number of rotatable bonds is 8. The van der Waals surface area contributed by atoms with Gasteiger partial charge < -0.3 is 10.1 Å². The van der Waals surface area contributed by atoms with Crippen molar-refractivity contribution in [2.45, 2.75) is 77.4 Å². The van der Waals surface area contributed by atoms with E-state index in [9.17, 15) is 0 Å². The minimum absolute atomic E-state index is 0.583. The van der Waals surface area contributed by atoms with Gasteiger partial charge in [0.2, 0.25) is 0 Å². The normalized spacial score (nSPS) is 19.9. The van der Waals surface area contributed by atoms with Gasteiger partial charge in [-0.15, -0.1) is 0 Å². The highest BCUT2D eigenvalue weighted by Gasteiger charge is 2.12. The standard InChI is InChI=1S/C14H29NO/c1-3-15-13(2)9-7-8-12-16-14-10-5-4-6-11-14/h13-15H,3-12H2,1-2H3. The first kappa shape index (κ1) is 14.0. The Bertz CT molecular complexity index is 155. The maximum absolute atomic E-state index is 5.90. The second kappa shape index (κ2) is 9.00. The second-order valence-electron chi connectivity index (χ2n) is 5.09. The molecule has 0 aromatic rings. The summed E-state index contributed by atoms with van der Waals surface area (Å²) < 4.78 is 5.90. The van der Waals surface area contributed by atoms with Gasteiger partial charge in [0, 0.05) is 12.6 Å². The van der Waals surface area contributed by atoms with Gasteiger partial charge in [-0.1, -0.05) is 26.2 Å². The topological polar surface area (TPSA) is 21.3 Å². The van der Waals surface area contributed by atoms with Gasteiger partial charge in [0.15, 0.2) is 0 Å². The Balaban J connectivity index is 1.87. The fourth-order valence-corrected chi connectivity index (χ4v) is 2.48. The highest BCUT2D eigenvalue weighted by Crippen LogP contribution is 2.20. The molecule has 0 aromatic carbocycles. The number of hydrogen-bond acceptors (Lipinski definition) is 2. The molecule has 2 heteroatoms. The molecule has 0 radical (unpaired) electrons. The van der Waals surface area contributed by atoms with E-state index >= 15 is 0 Å². The van der Waals surface area contributed by atoms with Gasteiger partial charge in [-0.3, -0.25) is 0 Å². The maximum Gasteiger partial charge on any atom is 0.0575 e. The molecule has 0 aliphatic heterocycles. The van der Waals surface area contributed by atoms with Crippen LogP contribution in [0.3, 0.4) is 0 Å². The Morgan fingerprint density at radius 1 is 1.19 bits per heavy atom. The van der Waals surface area contributed by atoms with Gasteiger partial charge in [-0.2, -0.15) is 0 Å². The van der Waals surface area contributed by atoms with Crippen molar-refractivity contribution >= 4 is 0 Å². The molecule has 0 saturated heterocycles. The van der Waals surface area contributed by atoms with E-state index in [2.05, 4.69) is 19.2 Å². The molecule has 1 N–H and O–H groups in total. The van der Waals surface area contributed by atoms with E-state index in [4.69, 9.17) is 4.74 Å². The van der Waals surface area contributed by atoms with Gasteiger partial charge in [-0.25, -0.2) is 0 Å². The first-order chi connectivity index (χ1) is 7.83. The van der Waals surface area contributed by atoms with E-state index in [0.29, 0.717) is 12.1 Å². The lowest BCUT2D eigenvalue weighted by atomic mass is 9.98. The van der Waals surface area contributed by atoms with Crippen molar-refractivity contribution in [1.82, 2.24) is 5.32 Å². The van der Waals surface area contributed by atoms with Crippen LogP contribution in [0.4, 0.5) is 0 Å². The van der Waals surface area contributed by atoms with E-state index < -0.39 is 0 Å². The van der Waals surface area contributed by atoms with Crippen LogP contribution in [-0.4, -0.2) is 25.3 Å². The van der Waals surface area contributed by atoms with E-state index in [1.165, 1.54) is 51.4 Å². The molecule has 0 spiro atoms. The monoisotopic (exact) mass is 227 g/mol. The number of nitrogens with one attached hydrogen (secondary N) is 1. The third-order valence-corrected chi connectivity index (χ3v) is 3.49. The lowest BCUT2D eigenvalue weighted by molar-refractivity contribution is 0.0261. The molecule has 1 aliphatic rings. The summed E-state index contributed by atoms with van der Waals surface area (Å²) >= 11 is 0.